The number of fused-ring (bicyclic) bond motifs is 2. The topological polar surface area (TPSA) is 99.2 Å². The average Bonchev–Trinajstić information content (AvgIpc) is 3.72. The molecule has 2 fully saturated rings. The quantitative estimate of drug-likeness (QED) is 0.256. The number of para-hydroxylation sites is 1. The van der Waals surface area contributed by atoms with Gasteiger partial charge in [-0.2, -0.15) is 0 Å². The van der Waals surface area contributed by atoms with E-state index in [4.69, 9.17) is 11.6 Å². The fraction of sp³-hybridized carbons (Fsp3) is 0.333. The van der Waals surface area contributed by atoms with Crippen molar-refractivity contribution in [2.24, 2.45) is 0 Å². The number of H-pyrrole nitrogens is 1. The standard InChI is InChI=1S/C33H34ClN7O2/c1-21(38-32-28-26(42)14-15-35-31(28)36-20-37-32)30-29(34)24-12-7-13-25(27(24)33(43)41(30)22-9-3-2-4-10-22)40-18-8-11-23(40)19-39-16-5-6-17-39/h2-4,7,9-10,12-15,20-21,23H,5-6,8,11,16-19H2,1H3,(H2,35,36,37,38,42)/t21-,23-/m0/s1. The molecule has 10 heteroatoms. The van der Waals surface area contributed by atoms with Gasteiger partial charge in [0.15, 0.2) is 5.43 Å². The number of likely N-dealkylation sites (tertiary alicyclic amines) is 1. The zero-order valence-corrected chi connectivity index (χ0v) is 24.8. The van der Waals surface area contributed by atoms with Crippen molar-refractivity contribution in [1.29, 1.82) is 0 Å². The van der Waals surface area contributed by atoms with Crippen LogP contribution in [0, 0.1) is 0 Å². The molecule has 2 aliphatic rings. The van der Waals surface area contributed by atoms with Crippen LogP contribution in [-0.2, 0) is 0 Å². The molecule has 0 spiro atoms. The van der Waals surface area contributed by atoms with Gasteiger partial charge in [0, 0.05) is 42.5 Å². The number of pyridine rings is 2. The first-order valence-corrected chi connectivity index (χ1v) is 15.4. The first-order chi connectivity index (χ1) is 21.0. The van der Waals surface area contributed by atoms with Crippen molar-refractivity contribution < 1.29 is 0 Å². The van der Waals surface area contributed by atoms with E-state index in [1.807, 2.05) is 49.4 Å². The summed E-state index contributed by atoms with van der Waals surface area (Å²) in [6, 6.07) is 16.9. The minimum Gasteiger partial charge on any atom is -0.367 e. The molecule has 7 rings (SSSR count). The molecular weight excluding hydrogens is 562 g/mol. The number of nitrogens with zero attached hydrogens (tertiary/aromatic N) is 5. The predicted molar refractivity (Wildman–Crippen MR) is 173 cm³/mol. The molecular formula is C33H34ClN7O2. The van der Waals surface area contributed by atoms with Gasteiger partial charge in [-0.3, -0.25) is 14.2 Å². The highest BCUT2D eigenvalue weighted by molar-refractivity contribution is 6.36. The van der Waals surface area contributed by atoms with Gasteiger partial charge in [-0.1, -0.05) is 41.9 Å². The molecule has 0 aliphatic carbocycles. The fourth-order valence-corrected chi connectivity index (χ4v) is 7.26. The monoisotopic (exact) mass is 595 g/mol. The van der Waals surface area contributed by atoms with Crippen LogP contribution >= 0.6 is 11.6 Å². The number of aromatic amines is 1. The average molecular weight is 596 g/mol. The number of anilines is 2. The summed E-state index contributed by atoms with van der Waals surface area (Å²) < 4.78 is 1.71. The number of hydrogen-bond donors (Lipinski definition) is 2. The molecule has 43 heavy (non-hydrogen) atoms. The van der Waals surface area contributed by atoms with E-state index in [1.165, 1.54) is 25.2 Å². The molecule has 2 saturated heterocycles. The van der Waals surface area contributed by atoms with Crippen molar-refractivity contribution in [3.8, 4) is 5.69 Å². The van der Waals surface area contributed by atoms with Crippen LogP contribution in [0.15, 0.2) is 76.7 Å². The van der Waals surface area contributed by atoms with Crippen LogP contribution < -0.4 is 21.2 Å². The molecule has 2 N–H and O–H groups in total. The summed E-state index contributed by atoms with van der Waals surface area (Å²) in [5.41, 5.74) is 2.36. The Hall–Kier alpha value is -4.21. The number of rotatable bonds is 7. The number of hydrogen-bond acceptors (Lipinski definition) is 7. The minimum atomic E-state index is -0.485. The van der Waals surface area contributed by atoms with Crippen molar-refractivity contribution in [1.82, 2.24) is 24.4 Å². The minimum absolute atomic E-state index is 0.123. The molecule has 220 valence electrons. The Morgan fingerprint density at radius 3 is 2.60 bits per heavy atom. The normalized spacial score (nSPS) is 18.1. The van der Waals surface area contributed by atoms with E-state index in [1.54, 1.807) is 10.8 Å². The highest BCUT2D eigenvalue weighted by atomic mass is 35.5. The third-order valence-electron chi connectivity index (χ3n) is 8.84. The number of aromatic nitrogens is 4. The van der Waals surface area contributed by atoms with E-state index in [2.05, 4.69) is 36.1 Å². The fourth-order valence-electron chi connectivity index (χ4n) is 6.86. The Balaban J connectivity index is 1.39. The van der Waals surface area contributed by atoms with Crippen LogP contribution in [-0.4, -0.2) is 56.6 Å². The SMILES string of the molecule is C[C@H](Nc1ncnc2[nH]ccc(=O)c12)c1c(Cl)c2cccc(N3CCC[C@H]3CN3CCCC3)c2c(=O)n1-c1ccccc1. The van der Waals surface area contributed by atoms with Crippen LogP contribution in [0.4, 0.5) is 11.5 Å². The maximum absolute atomic E-state index is 14.7. The lowest BCUT2D eigenvalue weighted by Crippen LogP contribution is -2.40. The molecule has 0 radical (unpaired) electrons. The lowest BCUT2D eigenvalue weighted by molar-refractivity contribution is 0.314. The van der Waals surface area contributed by atoms with Crippen molar-refractivity contribution >= 4 is 44.9 Å². The van der Waals surface area contributed by atoms with Crippen LogP contribution in [0.1, 0.15) is 44.3 Å². The summed E-state index contributed by atoms with van der Waals surface area (Å²) in [6.07, 6.45) is 7.69. The van der Waals surface area contributed by atoms with Gasteiger partial charge in [0.25, 0.3) is 5.56 Å². The number of nitrogens with one attached hydrogen (secondary N) is 2. The maximum atomic E-state index is 14.7. The molecule has 0 amide bonds. The Labute approximate surface area is 254 Å². The Morgan fingerprint density at radius 2 is 1.79 bits per heavy atom. The number of halogens is 1. The third kappa shape index (κ3) is 4.96. The first kappa shape index (κ1) is 27.6. The van der Waals surface area contributed by atoms with Crippen LogP contribution in [0.5, 0.6) is 0 Å². The van der Waals surface area contributed by atoms with Gasteiger partial charge in [-0.15, -0.1) is 0 Å². The van der Waals surface area contributed by atoms with E-state index in [0.717, 1.165) is 55.8 Å². The van der Waals surface area contributed by atoms with Gasteiger partial charge < -0.3 is 20.1 Å². The number of benzene rings is 2. The van der Waals surface area contributed by atoms with Gasteiger partial charge in [-0.05, 0) is 63.9 Å². The third-order valence-corrected chi connectivity index (χ3v) is 9.24. The molecule has 3 aromatic heterocycles. The molecule has 5 heterocycles. The summed E-state index contributed by atoms with van der Waals surface area (Å²) in [7, 11) is 0. The van der Waals surface area contributed by atoms with Crippen molar-refractivity contribution in [2.45, 2.75) is 44.7 Å². The van der Waals surface area contributed by atoms with E-state index in [-0.39, 0.29) is 11.0 Å². The molecule has 0 unspecified atom stereocenters. The van der Waals surface area contributed by atoms with Crippen molar-refractivity contribution in [3.63, 3.8) is 0 Å². The molecule has 5 aromatic rings. The van der Waals surface area contributed by atoms with E-state index >= 15 is 0 Å². The molecule has 2 aliphatic heterocycles. The van der Waals surface area contributed by atoms with E-state index in [0.29, 0.717) is 39.0 Å². The van der Waals surface area contributed by atoms with Crippen LogP contribution in [0.2, 0.25) is 5.02 Å². The summed E-state index contributed by atoms with van der Waals surface area (Å²) in [6.45, 7) is 6.15. The van der Waals surface area contributed by atoms with E-state index < -0.39 is 6.04 Å². The molecule has 2 aromatic carbocycles. The first-order valence-electron chi connectivity index (χ1n) is 15.0. The molecule has 2 atom stereocenters. The predicted octanol–water partition coefficient (Wildman–Crippen LogP) is 5.51. The lowest BCUT2D eigenvalue weighted by Gasteiger charge is -2.31. The van der Waals surface area contributed by atoms with Gasteiger partial charge in [0.05, 0.1) is 27.8 Å². The summed E-state index contributed by atoms with van der Waals surface area (Å²) in [5, 5.41) is 5.56. The highest BCUT2D eigenvalue weighted by Crippen LogP contribution is 2.38. The highest BCUT2D eigenvalue weighted by Gasteiger charge is 2.31. The van der Waals surface area contributed by atoms with Gasteiger partial charge >= 0.3 is 0 Å². The van der Waals surface area contributed by atoms with E-state index in [9.17, 15) is 9.59 Å². The Bertz CT molecular complexity index is 1910. The van der Waals surface area contributed by atoms with Gasteiger partial charge in [0.2, 0.25) is 0 Å². The van der Waals surface area contributed by atoms with Crippen LogP contribution in [0.25, 0.3) is 27.5 Å². The Morgan fingerprint density at radius 1 is 0.977 bits per heavy atom. The second-order valence-corrected chi connectivity index (χ2v) is 11.9. The molecule has 0 bridgehead atoms. The summed E-state index contributed by atoms with van der Waals surface area (Å²) in [4.78, 5) is 44.1. The summed E-state index contributed by atoms with van der Waals surface area (Å²) in [5.74, 6) is 0.373. The second kappa shape index (κ2) is 11.5. The van der Waals surface area contributed by atoms with Crippen molar-refractivity contribution in [3.05, 3.63) is 98.4 Å². The maximum Gasteiger partial charge on any atom is 0.265 e. The van der Waals surface area contributed by atoms with Gasteiger partial charge in [-0.25, -0.2) is 9.97 Å². The van der Waals surface area contributed by atoms with Gasteiger partial charge in [0.1, 0.15) is 23.2 Å². The smallest absolute Gasteiger partial charge is 0.265 e. The summed E-state index contributed by atoms with van der Waals surface area (Å²) >= 11 is 7.30. The second-order valence-electron chi connectivity index (χ2n) is 11.5. The zero-order valence-electron chi connectivity index (χ0n) is 24.1. The molecule has 9 nitrogen and oxygen atoms in total. The zero-order chi connectivity index (χ0) is 29.5. The Kier molecular flexibility index (Phi) is 7.36. The van der Waals surface area contributed by atoms with Crippen LogP contribution in [0.3, 0.4) is 0 Å². The van der Waals surface area contributed by atoms with Crippen molar-refractivity contribution in [2.75, 3.05) is 36.4 Å². The largest absolute Gasteiger partial charge is 0.367 e. The lowest BCUT2D eigenvalue weighted by atomic mass is 10.0. The molecule has 0 saturated carbocycles.